The first-order chi connectivity index (χ1) is 38.6. The number of hydrogen-bond acceptors (Lipinski definition) is 7. The van der Waals surface area contributed by atoms with Crippen LogP contribution in [-0.2, 0) is 33.3 Å². The number of carboxylic acids is 1. The summed E-state index contributed by atoms with van der Waals surface area (Å²) in [5.74, 6) is -2.05. The van der Waals surface area contributed by atoms with Gasteiger partial charge in [-0.1, -0.05) is 252 Å². The smallest absolute Gasteiger partial charge is 0.361 e. The number of quaternary nitrogens is 1. The number of carboxylic acid groups (broad SMARTS) is 1. The molecular formula is C70H120NO8+. The summed E-state index contributed by atoms with van der Waals surface area (Å²) in [5.41, 5.74) is 0. The van der Waals surface area contributed by atoms with Crippen molar-refractivity contribution < 1.29 is 42.9 Å². The Hall–Kier alpha value is -4.05. The van der Waals surface area contributed by atoms with Gasteiger partial charge in [0, 0.05) is 12.8 Å². The maximum Gasteiger partial charge on any atom is 0.361 e. The third-order valence-corrected chi connectivity index (χ3v) is 13.5. The lowest BCUT2D eigenvalue weighted by Crippen LogP contribution is -2.40. The highest BCUT2D eigenvalue weighted by Crippen LogP contribution is 2.16. The molecule has 79 heavy (non-hydrogen) atoms. The minimum absolute atomic E-state index is 0.176. The molecule has 0 aromatic carbocycles. The standard InChI is InChI=1S/C70H119NO8/c1-6-8-10-12-14-16-18-20-22-24-26-28-30-32-33-34-35-37-38-40-42-44-46-48-50-52-54-56-58-60-67(72)77-64-66(65-78-70(69(74)75)76-63-62-71(3,4)5)79-68(73)61-59-57-55-53-51-49-47-45-43-41-39-36-31-29-27-25-23-21-19-17-15-13-11-9-7-2/h9,11,15,17-18,20-21,23-24,26-27,29,36,39,43,45,49,51,66,70H,6-8,10,12-14,16,19,22,25,28,30-35,37-38,40-42,44,46-48,50,52-65H2,1-5H3/p+1/b11-9-,17-15-,20-18-,23-21-,26-24-,29-27-,39-36-,45-43-,51-49-. The number of allylic oxidation sites excluding steroid dienone is 18. The molecule has 9 heteroatoms. The molecule has 0 rings (SSSR count). The minimum atomic E-state index is -1.53. The second-order valence-corrected chi connectivity index (χ2v) is 22.3. The summed E-state index contributed by atoms with van der Waals surface area (Å²) in [6.07, 6.45) is 80.4. The molecule has 1 N–H and O–H groups in total. The molecule has 0 aliphatic carbocycles. The Morgan fingerprint density at radius 2 is 0.722 bits per heavy atom. The maximum atomic E-state index is 12.9. The van der Waals surface area contributed by atoms with E-state index < -0.39 is 24.3 Å². The van der Waals surface area contributed by atoms with Gasteiger partial charge in [-0.05, 0) is 103 Å². The van der Waals surface area contributed by atoms with Gasteiger partial charge >= 0.3 is 17.9 Å². The van der Waals surface area contributed by atoms with Crippen molar-refractivity contribution in [2.45, 2.75) is 270 Å². The van der Waals surface area contributed by atoms with E-state index in [1.165, 1.54) is 135 Å². The van der Waals surface area contributed by atoms with Crippen molar-refractivity contribution in [1.29, 1.82) is 0 Å². The molecule has 0 bridgehead atoms. The molecule has 0 aliphatic heterocycles. The fourth-order valence-corrected chi connectivity index (χ4v) is 8.61. The highest BCUT2D eigenvalue weighted by molar-refractivity contribution is 5.71. The largest absolute Gasteiger partial charge is 0.477 e. The van der Waals surface area contributed by atoms with Gasteiger partial charge in [0.15, 0.2) is 6.10 Å². The Kier molecular flexibility index (Phi) is 57.0. The first-order valence-electron chi connectivity index (χ1n) is 32.1. The topological polar surface area (TPSA) is 108 Å². The van der Waals surface area contributed by atoms with E-state index in [1.807, 2.05) is 21.1 Å². The van der Waals surface area contributed by atoms with Crippen LogP contribution in [0.5, 0.6) is 0 Å². The second kappa shape index (κ2) is 60.1. The van der Waals surface area contributed by atoms with Crippen molar-refractivity contribution in [1.82, 2.24) is 0 Å². The van der Waals surface area contributed by atoms with Crippen molar-refractivity contribution in [2.75, 3.05) is 47.5 Å². The summed E-state index contributed by atoms with van der Waals surface area (Å²) < 4.78 is 22.9. The van der Waals surface area contributed by atoms with Gasteiger partial charge in [-0.3, -0.25) is 9.59 Å². The molecule has 0 aromatic heterocycles. The van der Waals surface area contributed by atoms with Crippen molar-refractivity contribution >= 4 is 17.9 Å². The molecule has 9 nitrogen and oxygen atoms in total. The van der Waals surface area contributed by atoms with Gasteiger partial charge in [-0.15, -0.1) is 0 Å². The molecular weight excluding hydrogens is 983 g/mol. The van der Waals surface area contributed by atoms with E-state index in [0.29, 0.717) is 23.9 Å². The SMILES string of the molecule is CC/C=C\C/C=C\C/C=C\C/C=C\C/C=C\C/C=C\C/C=C\CCCCCC(=O)OC(COC(=O)CCCCCCCCCCCCCCCCCCC/C=C\C/C=C\CCCCCCC)COC(OCC[N+](C)(C)C)C(=O)O. The molecule has 0 amide bonds. The van der Waals surface area contributed by atoms with Crippen LogP contribution in [0.1, 0.15) is 258 Å². The highest BCUT2D eigenvalue weighted by atomic mass is 16.7. The van der Waals surface area contributed by atoms with Crippen molar-refractivity contribution in [3.63, 3.8) is 0 Å². The summed E-state index contributed by atoms with van der Waals surface area (Å²) >= 11 is 0. The zero-order valence-electron chi connectivity index (χ0n) is 51.5. The lowest BCUT2D eigenvalue weighted by Gasteiger charge is -2.25. The predicted molar refractivity (Wildman–Crippen MR) is 336 cm³/mol. The number of ether oxygens (including phenoxy) is 4. The Balaban J connectivity index is 4.24. The summed E-state index contributed by atoms with van der Waals surface area (Å²) in [5, 5.41) is 9.72. The van der Waals surface area contributed by atoms with E-state index >= 15 is 0 Å². The number of likely N-dealkylation sites (N-methyl/N-ethyl adjacent to an activating group) is 1. The molecule has 2 unspecified atom stereocenters. The van der Waals surface area contributed by atoms with Crippen LogP contribution in [-0.4, -0.2) is 87.4 Å². The van der Waals surface area contributed by atoms with E-state index in [2.05, 4.69) is 123 Å². The first kappa shape index (κ1) is 75.0. The van der Waals surface area contributed by atoms with E-state index in [1.54, 1.807) is 0 Å². The molecule has 2 atom stereocenters. The van der Waals surface area contributed by atoms with Gasteiger partial charge in [0.25, 0.3) is 6.29 Å². The minimum Gasteiger partial charge on any atom is -0.477 e. The number of hydrogen-bond donors (Lipinski definition) is 1. The Bertz CT molecular complexity index is 1660. The summed E-state index contributed by atoms with van der Waals surface area (Å²) in [7, 11) is 5.96. The van der Waals surface area contributed by atoms with E-state index in [9.17, 15) is 19.5 Å². The number of esters is 2. The number of nitrogens with zero attached hydrogens (tertiary/aromatic N) is 1. The van der Waals surface area contributed by atoms with Gasteiger partial charge in [0.05, 0.1) is 34.4 Å². The van der Waals surface area contributed by atoms with Crippen molar-refractivity contribution in [2.24, 2.45) is 0 Å². The summed E-state index contributed by atoms with van der Waals surface area (Å²) in [4.78, 5) is 37.5. The third kappa shape index (κ3) is 61.4. The number of carbonyl (C=O) groups is 3. The predicted octanol–water partition coefficient (Wildman–Crippen LogP) is 19.5. The molecule has 0 saturated heterocycles. The number of unbranched alkanes of at least 4 members (excludes halogenated alkanes) is 25. The van der Waals surface area contributed by atoms with E-state index in [-0.39, 0.29) is 32.2 Å². The van der Waals surface area contributed by atoms with Gasteiger partial charge in [0.2, 0.25) is 0 Å². The van der Waals surface area contributed by atoms with Crippen LogP contribution in [0, 0.1) is 0 Å². The van der Waals surface area contributed by atoms with E-state index in [0.717, 1.165) is 89.9 Å². The zero-order chi connectivity index (χ0) is 57.6. The fraction of sp³-hybridized carbons (Fsp3) is 0.700. The van der Waals surface area contributed by atoms with Crippen LogP contribution < -0.4 is 0 Å². The molecule has 0 radical (unpaired) electrons. The molecule has 0 heterocycles. The van der Waals surface area contributed by atoms with Gasteiger partial charge in [-0.2, -0.15) is 0 Å². The number of aliphatic carboxylic acids is 1. The summed E-state index contributed by atoms with van der Waals surface area (Å²) in [6.45, 7) is 4.72. The van der Waals surface area contributed by atoms with Crippen LogP contribution in [0.15, 0.2) is 109 Å². The number of rotatable bonds is 58. The molecule has 0 aromatic rings. The van der Waals surface area contributed by atoms with Crippen molar-refractivity contribution in [3.05, 3.63) is 109 Å². The second-order valence-electron chi connectivity index (χ2n) is 22.3. The Morgan fingerprint density at radius 3 is 1.09 bits per heavy atom. The third-order valence-electron chi connectivity index (χ3n) is 13.5. The quantitative estimate of drug-likeness (QED) is 0.0211. The van der Waals surface area contributed by atoms with Crippen LogP contribution in [0.4, 0.5) is 0 Å². The monoisotopic (exact) mass is 1100 g/mol. The van der Waals surface area contributed by atoms with Gasteiger partial charge in [0.1, 0.15) is 13.2 Å². The molecule has 0 aliphatic rings. The maximum absolute atomic E-state index is 12.9. The normalized spacial score (nSPS) is 13.5. The zero-order valence-corrected chi connectivity index (χ0v) is 51.5. The molecule has 0 saturated carbocycles. The summed E-state index contributed by atoms with van der Waals surface area (Å²) in [6, 6.07) is 0. The molecule has 0 spiro atoms. The average Bonchev–Trinajstić information content (AvgIpc) is 3.42. The fourth-order valence-electron chi connectivity index (χ4n) is 8.61. The van der Waals surface area contributed by atoms with Gasteiger partial charge < -0.3 is 28.5 Å². The average molecular weight is 1100 g/mol. The highest BCUT2D eigenvalue weighted by Gasteiger charge is 2.25. The van der Waals surface area contributed by atoms with Crippen molar-refractivity contribution in [3.8, 4) is 0 Å². The van der Waals surface area contributed by atoms with Crippen LogP contribution in [0.25, 0.3) is 0 Å². The Morgan fingerprint density at radius 1 is 0.392 bits per heavy atom. The Labute approximate surface area is 485 Å². The molecule has 452 valence electrons. The first-order valence-corrected chi connectivity index (χ1v) is 32.1. The van der Waals surface area contributed by atoms with Gasteiger partial charge in [-0.25, -0.2) is 4.79 Å². The van der Waals surface area contributed by atoms with Crippen LogP contribution >= 0.6 is 0 Å². The van der Waals surface area contributed by atoms with E-state index in [4.69, 9.17) is 18.9 Å². The lowest BCUT2D eigenvalue weighted by molar-refractivity contribution is -0.870. The number of carbonyl (C=O) groups excluding carboxylic acids is 2. The van der Waals surface area contributed by atoms with Crippen LogP contribution in [0.3, 0.4) is 0 Å². The van der Waals surface area contributed by atoms with Crippen LogP contribution in [0.2, 0.25) is 0 Å². The lowest BCUT2D eigenvalue weighted by atomic mass is 10.0. The molecule has 0 fully saturated rings.